The van der Waals surface area contributed by atoms with Gasteiger partial charge in [0.1, 0.15) is 5.75 Å². The summed E-state index contributed by atoms with van der Waals surface area (Å²) in [7, 11) is 0. The van der Waals surface area contributed by atoms with E-state index in [0.717, 1.165) is 17.7 Å². The van der Waals surface area contributed by atoms with E-state index in [1.807, 2.05) is 16.8 Å². The van der Waals surface area contributed by atoms with E-state index in [4.69, 9.17) is 0 Å². The normalized spacial score (nSPS) is 12.0. The Morgan fingerprint density at radius 1 is 1.04 bits per heavy atom. The van der Waals surface area contributed by atoms with Crippen LogP contribution in [-0.4, -0.2) is 22.3 Å². The van der Waals surface area contributed by atoms with Gasteiger partial charge in [0, 0.05) is 28.9 Å². The largest absolute Gasteiger partial charge is 0.499 e. The summed E-state index contributed by atoms with van der Waals surface area (Å²) in [5, 5.41) is 6.52. The van der Waals surface area contributed by atoms with Crippen molar-refractivity contribution < 1.29 is 26.7 Å². The third-order valence-corrected chi connectivity index (χ3v) is 3.82. The minimum atomic E-state index is -5.81. The smallest absolute Gasteiger partial charge is 0.426 e. The summed E-state index contributed by atoms with van der Waals surface area (Å²) in [5.74, 6) is -0.486. The SMILES string of the molecule is FC(F)(F)C(F)(F)Oc1cccc(Nc2nccc(-c3ccsc3)n2)c1. The van der Waals surface area contributed by atoms with Crippen LogP contribution >= 0.6 is 11.3 Å². The zero-order valence-electron chi connectivity index (χ0n) is 12.8. The van der Waals surface area contributed by atoms with Gasteiger partial charge in [0.25, 0.3) is 0 Å². The van der Waals surface area contributed by atoms with Gasteiger partial charge in [-0.25, -0.2) is 9.97 Å². The molecule has 0 saturated carbocycles. The van der Waals surface area contributed by atoms with Crippen molar-refractivity contribution in [1.29, 1.82) is 0 Å². The van der Waals surface area contributed by atoms with Gasteiger partial charge in [0.2, 0.25) is 5.95 Å². The van der Waals surface area contributed by atoms with Gasteiger partial charge >= 0.3 is 12.3 Å². The van der Waals surface area contributed by atoms with Crippen LogP contribution in [0.25, 0.3) is 11.3 Å². The Hall–Kier alpha value is -2.75. The molecular weight excluding hydrogens is 377 g/mol. The highest BCUT2D eigenvalue weighted by molar-refractivity contribution is 7.08. The molecule has 0 aliphatic carbocycles. The molecule has 0 aliphatic rings. The van der Waals surface area contributed by atoms with Crippen LogP contribution < -0.4 is 10.1 Å². The van der Waals surface area contributed by atoms with Gasteiger partial charge in [-0.2, -0.15) is 33.3 Å². The number of hydrogen-bond acceptors (Lipinski definition) is 5. The van der Waals surface area contributed by atoms with Gasteiger partial charge in [-0.3, -0.25) is 0 Å². The van der Waals surface area contributed by atoms with Crippen LogP contribution in [0.3, 0.4) is 0 Å². The van der Waals surface area contributed by atoms with Crippen LogP contribution in [0.1, 0.15) is 0 Å². The highest BCUT2D eigenvalue weighted by atomic mass is 32.1. The fourth-order valence-electron chi connectivity index (χ4n) is 1.96. The van der Waals surface area contributed by atoms with Gasteiger partial charge in [0.15, 0.2) is 0 Å². The number of anilines is 2. The van der Waals surface area contributed by atoms with Crippen LogP contribution in [0.4, 0.5) is 33.6 Å². The van der Waals surface area contributed by atoms with Crippen molar-refractivity contribution in [1.82, 2.24) is 9.97 Å². The first-order valence-electron chi connectivity index (χ1n) is 7.11. The molecule has 0 bridgehead atoms. The summed E-state index contributed by atoms with van der Waals surface area (Å²) in [4.78, 5) is 8.27. The Morgan fingerprint density at radius 2 is 1.85 bits per heavy atom. The number of aromatic nitrogens is 2. The molecule has 136 valence electrons. The Morgan fingerprint density at radius 3 is 2.54 bits per heavy atom. The lowest BCUT2D eigenvalue weighted by Crippen LogP contribution is -2.41. The zero-order valence-corrected chi connectivity index (χ0v) is 13.6. The van der Waals surface area contributed by atoms with Gasteiger partial charge in [-0.15, -0.1) is 0 Å². The van der Waals surface area contributed by atoms with Gasteiger partial charge in [0.05, 0.1) is 5.69 Å². The lowest BCUT2D eigenvalue weighted by molar-refractivity contribution is -0.360. The van der Waals surface area contributed by atoms with E-state index in [-0.39, 0.29) is 11.6 Å². The molecule has 2 heterocycles. The second-order valence-electron chi connectivity index (χ2n) is 5.05. The number of alkyl halides is 5. The molecule has 0 fully saturated rings. The number of nitrogens with zero attached hydrogens (tertiary/aromatic N) is 2. The maximum Gasteiger partial charge on any atom is 0.499 e. The summed E-state index contributed by atoms with van der Waals surface area (Å²) in [6, 6.07) is 8.28. The molecule has 3 aromatic rings. The minimum absolute atomic E-state index is 0.161. The molecule has 0 aliphatic heterocycles. The summed E-state index contributed by atoms with van der Waals surface area (Å²) >= 11 is 1.49. The van der Waals surface area contributed by atoms with E-state index < -0.39 is 18.0 Å². The lowest BCUT2D eigenvalue weighted by atomic mass is 10.2. The molecule has 0 radical (unpaired) electrons. The lowest BCUT2D eigenvalue weighted by Gasteiger charge is -2.20. The van der Waals surface area contributed by atoms with Crippen molar-refractivity contribution in [2.45, 2.75) is 12.3 Å². The average molecular weight is 387 g/mol. The molecule has 26 heavy (non-hydrogen) atoms. The molecule has 0 amide bonds. The number of halogens is 5. The number of thiophene rings is 1. The quantitative estimate of drug-likeness (QED) is 0.589. The fraction of sp³-hybridized carbons (Fsp3) is 0.125. The number of nitrogens with one attached hydrogen (secondary N) is 1. The van der Waals surface area contributed by atoms with Gasteiger partial charge < -0.3 is 10.1 Å². The van der Waals surface area contributed by atoms with E-state index >= 15 is 0 Å². The molecule has 4 nitrogen and oxygen atoms in total. The predicted molar refractivity (Wildman–Crippen MR) is 86.7 cm³/mol. The van der Waals surface area contributed by atoms with Crippen molar-refractivity contribution in [3.05, 3.63) is 53.4 Å². The van der Waals surface area contributed by atoms with Crippen molar-refractivity contribution in [2.75, 3.05) is 5.32 Å². The number of hydrogen-bond donors (Lipinski definition) is 1. The van der Waals surface area contributed by atoms with Crippen molar-refractivity contribution in [3.63, 3.8) is 0 Å². The maximum absolute atomic E-state index is 13.0. The molecule has 3 rings (SSSR count). The first-order chi connectivity index (χ1) is 12.2. The monoisotopic (exact) mass is 387 g/mol. The van der Waals surface area contributed by atoms with Crippen LogP contribution in [-0.2, 0) is 0 Å². The minimum Gasteiger partial charge on any atom is -0.426 e. The second-order valence-corrected chi connectivity index (χ2v) is 5.83. The standard InChI is InChI=1S/C16H10F5N3OS/c17-15(18,19)16(20,21)25-12-3-1-2-11(8-12)23-14-22-6-4-13(24-14)10-5-7-26-9-10/h1-9H,(H,22,23,24). The number of ether oxygens (including phenoxy) is 1. The summed E-state index contributed by atoms with van der Waals surface area (Å²) in [6.45, 7) is 0. The van der Waals surface area contributed by atoms with E-state index in [0.29, 0.717) is 5.69 Å². The Labute approximate surface area is 148 Å². The van der Waals surface area contributed by atoms with Crippen molar-refractivity contribution in [3.8, 4) is 17.0 Å². The summed E-state index contributed by atoms with van der Waals surface area (Å²) in [6.07, 6.45) is -9.60. The Balaban J connectivity index is 1.78. The van der Waals surface area contributed by atoms with Crippen molar-refractivity contribution in [2.24, 2.45) is 0 Å². The molecule has 10 heteroatoms. The predicted octanol–water partition coefficient (Wildman–Crippen LogP) is 5.48. The first kappa shape index (κ1) is 18.1. The molecule has 2 aromatic heterocycles. The first-order valence-corrected chi connectivity index (χ1v) is 8.05. The average Bonchev–Trinajstić information content (AvgIpc) is 3.08. The highest BCUT2D eigenvalue weighted by Gasteiger charge is 2.61. The van der Waals surface area contributed by atoms with E-state index in [1.165, 1.54) is 29.7 Å². The molecule has 0 spiro atoms. The second kappa shape index (κ2) is 6.87. The van der Waals surface area contributed by atoms with E-state index in [2.05, 4.69) is 20.0 Å². The molecule has 0 unspecified atom stereocenters. The Kier molecular flexibility index (Phi) is 4.77. The summed E-state index contributed by atoms with van der Waals surface area (Å²) < 4.78 is 66.5. The van der Waals surface area contributed by atoms with Crippen LogP contribution in [0.5, 0.6) is 5.75 Å². The number of rotatable bonds is 5. The zero-order chi connectivity index (χ0) is 18.8. The Bertz CT molecular complexity index is 884. The molecule has 0 saturated heterocycles. The molecule has 0 atom stereocenters. The van der Waals surface area contributed by atoms with Crippen LogP contribution in [0, 0.1) is 0 Å². The highest BCUT2D eigenvalue weighted by Crippen LogP contribution is 2.37. The maximum atomic E-state index is 13.0. The summed E-state index contributed by atoms with van der Waals surface area (Å²) in [5.41, 5.74) is 1.71. The number of benzene rings is 1. The van der Waals surface area contributed by atoms with Crippen LogP contribution in [0.2, 0.25) is 0 Å². The van der Waals surface area contributed by atoms with Crippen molar-refractivity contribution >= 4 is 23.0 Å². The molecule has 1 aromatic carbocycles. The molecular formula is C16H10F5N3OS. The molecule has 1 N–H and O–H groups in total. The topological polar surface area (TPSA) is 47.0 Å². The van der Waals surface area contributed by atoms with Crippen LogP contribution in [0.15, 0.2) is 53.4 Å². The van der Waals surface area contributed by atoms with E-state index in [9.17, 15) is 22.0 Å². The third kappa shape index (κ3) is 4.07. The fourth-order valence-corrected chi connectivity index (χ4v) is 2.61. The van der Waals surface area contributed by atoms with Gasteiger partial charge in [-0.1, -0.05) is 6.07 Å². The van der Waals surface area contributed by atoms with Gasteiger partial charge in [-0.05, 0) is 29.6 Å². The van der Waals surface area contributed by atoms with E-state index in [1.54, 1.807) is 6.07 Å². The third-order valence-electron chi connectivity index (χ3n) is 3.14.